The molecular formula is C24H31ClN2O3. The quantitative estimate of drug-likeness (QED) is 0.633. The SMILES string of the molecule is CCCNC(=O)C(C)N(Cc1ccccc1Cl)C(=O)COc1cc(C)cc(C)c1C. The number of hydrogen-bond donors (Lipinski definition) is 1. The minimum Gasteiger partial charge on any atom is -0.483 e. The standard InChI is InChI=1S/C24H31ClN2O3/c1-6-11-26-24(29)19(5)27(14-20-9-7-8-10-21(20)25)23(28)15-30-22-13-16(2)12-17(3)18(22)4/h7-10,12-13,19H,6,11,14-15H2,1-5H3,(H,26,29). The van der Waals surface area contributed by atoms with E-state index in [-0.39, 0.29) is 25.0 Å². The Bertz CT molecular complexity index is 898. The lowest BCUT2D eigenvalue weighted by Gasteiger charge is -2.29. The highest BCUT2D eigenvalue weighted by Crippen LogP contribution is 2.24. The fraction of sp³-hybridized carbons (Fsp3) is 0.417. The van der Waals surface area contributed by atoms with Gasteiger partial charge in [0.2, 0.25) is 5.91 Å². The second-order valence-corrected chi connectivity index (χ2v) is 7.98. The van der Waals surface area contributed by atoms with E-state index in [1.54, 1.807) is 13.0 Å². The first kappa shape index (κ1) is 23.7. The van der Waals surface area contributed by atoms with Crippen molar-refractivity contribution in [3.63, 3.8) is 0 Å². The molecule has 1 N–H and O–H groups in total. The molecule has 5 nitrogen and oxygen atoms in total. The molecule has 0 bridgehead atoms. The molecule has 0 heterocycles. The third kappa shape index (κ3) is 6.23. The molecule has 30 heavy (non-hydrogen) atoms. The average molecular weight is 431 g/mol. The van der Waals surface area contributed by atoms with Crippen molar-refractivity contribution >= 4 is 23.4 Å². The number of carbonyl (C=O) groups is 2. The van der Waals surface area contributed by atoms with Crippen molar-refractivity contribution in [1.29, 1.82) is 0 Å². The number of nitrogens with one attached hydrogen (secondary N) is 1. The van der Waals surface area contributed by atoms with Crippen molar-refractivity contribution in [3.05, 3.63) is 63.7 Å². The van der Waals surface area contributed by atoms with Gasteiger partial charge in [-0.05, 0) is 68.5 Å². The number of nitrogens with zero attached hydrogens (tertiary/aromatic N) is 1. The molecule has 6 heteroatoms. The number of rotatable bonds is 9. The number of aryl methyl sites for hydroxylation is 2. The van der Waals surface area contributed by atoms with Crippen LogP contribution in [0.1, 0.15) is 42.5 Å². The molecule has 0 saturated carbocycles. The zero-order valence-electron chi connectivity index (χ0n) is 18.4. The van der Waals surface area contributed by atoms with Gasteiger partial charge in [0.15, 0.2) is 6.61 Å². The predicted octanol–water partition coefficient (Wildman–Crippen LogP) is 4.59. The summed E-state index contributed by atoms with van der Waals surface area (Å²) in [5.74, 6) is 0.217. The van der Waals surface area contributed by atoms with Crippen LogP contribution in [0, 0.1) is 20.8 Å². The Morgan fingerprint density at radius 3 is 2.53 bits per heavy atom. The molecule has 2 amide bonds. The normalized spacial score (nSPS) is 11.7. The highest BCUT2D eigenvalue weighted by Gasteiger charge is 2.27. The largest absolute Gasteiger partial charge is 0.483 e. The molecule has 1 unspecified atom stereocenters. The smallest absolute Gasteiger partial charge is 0.261 e. The summed E-state index contributed by atoms with van der Waals surface area (Å²) in [6, 6.07) is 10.7. The van der Waals surface area contributed by atoms with Gasteiger partial charge in [-0.15, -0.1) is 0 Å². The molecule has 0 aliphatic carbocycles. The van der Waals surface area contributed by atoms with Gasteiger partial charge in [0.05, 0.1) is 0 Å². The van der Waals surface area contributed by atoms with Gasteiger partial charge in [0.1, 0.15) is 11.8 Å². The minimum absolute atomic E-state index is 0.153. The van der Waals surface area contributed by atoms with E-state index in [9.17, 15) is 9.59 Å². The summed E-state index contributed by atoms with van der Waals surface area (Å²) < 4.78 is 5.86. The molecule has 0 saturated heterocycles. The molecule has 0 spiro atoms. The molecule has 2 aromatic carbocycles. The first-order chi connectivity index (χ1) is 14.2. The van der Waals surface area contributed by atoms with Gasteiger partial charge >= 0.3 is 0 Å². The number of hydrogen-bond acceptors (Lipinski definition) is 3. The predicted molar refractivity (Wildman–Crippen MR) is 121 cm³/mol. The van der Waals surface area contributed by atoms with Crippen LogP contribution < -0.4 is 10.1 Å². The van der Waals surface area contributed by atoms with E-state index >= 15 is 0 Å². The van der Waals surface area contributed by atoms with Crippen LogP contribution in [0.4, 0.5) is 0 Å². The average Bonchev–Trinajstić information content (AvgIpc) is 2.72. The zero-order chi connectivity index (χ0) is 22.3. The van der Waals surface area contributed by atoms with Gasteiger partial charge in [0.25, 0.3) is 5.91 Å². The van der Waals surface area contributed by atoms with Crippen molar-refractivity contribution in [1.82, 2.24) is 10.2 Å². The first-order valence-corrected chi connectivity index (χ1v) is 10.6. The van der Waals surface area contributed by atoms with E-state index in [0.717, 1.165) is 28.7 Å². The summed E-state index contributed by atoms with van der Waals surface area (Å²) in [5, 5.41) is 3.42. The number of benzene rings is 2. The molecule has 2 rings (SSSR count). The Hall–Kier alpha value is -2.53. The van der Waals surface area contributed by atoms with Crippen molar-refractivity contribution in [2.45, 2.75) is 53.6 Å². The molecule has 0 radical (unpaired) electrons. The fourth-order valence-corrected chi connectivity index (χ4v) is 3.36. The third-order valence-electron chi connectivity index (χ3n) is 5.13. The van der Waals surface area contributed by atoms with E-state index in [4.69, 9.17) is 16.3 Å². The van der Waals surface area contributed by atoms with Crippen molar-refractivity contribution in [3.8, 4) is 5.75 Å². The Morgan fingerprint density at radius 2 is 1.87 bits per heavy atom. The van der Waals surface area contributed by atoms with Crippen LogP contribution >= 0.6 is 11.6 Å². The Balaban J connectivity index is 2.21. The second-order valence-electron chi connectivity index (χ2n) is 7.57. The summed E-state index contributed by atoms with van der Waals surface area (Å²) in [4.78, 5) is 27.2. The van der Waals surface area contributed by atoms with Crippen LogP contribution in [-0.2, 0) is 16.1 Å². The van der Waals surface area contributed by atoms with E-state index < -0.39 is 6.04 Å². The van der Waals surface area contributed by atoms with Crippen LogP contribution in [0.15, 0.2) is 36.4 Å². The van der Waals surface area contributed by atoms with Crippen LogP contribution in [0.3, 0.4) is 0 Å². The van der Waals surface area contributed by atoms with E-state index in [1.807, 2.05) is 52.0 Å². The summed E-state index contributed by atoms with van der Waals surface area (Å²) in [6.07, 6.45) is 0.825. The van der Waals surface area contributed by atoms with Crippen LogP contribution in [-0.4, -0.2) is 35.9 Å². The molecule has 0 fully saturated rings. The molecule has 162 valence electrons. The number of carbonyl (C=O) groups excluding carboxylic acids is 2. The minimum atomic E-state index is -0.649. The van der Waals surface area contributed by atoms with Gasteiger partial charge < -0.3 is 15.0 Å². The topological polar surface area (TPSA) is 58.6 Å². The van der Waals surface area contributed by atoms with Crippen molar-refractivity contribution < 1.29 is 14.3 Å². The summed E-state index contributed by atoms with van der Waals surface area (Å²) in [6.45, 7) is 10.3. The molecule has 0 aliphatic rings. The molecule has 0 aliphatic heterocycles. The van der Waals surface area contributed by atoms with Gasteiger partial charge in [0, 0.05) is 18.1 Å². The van der Waals surface area contributed by atoms with Gasteiger partial charge in [-0.2, -0.15) is 0 Å². The van der Waals surface area contributed by atoms with Gasteiger partial charge in [-0.3, -0.25) is 9.59 Å². The monoisotopic (exact) mass is 430 g/mol. The van der Waals surface area contributed by atoms with Crippen LogP contribution in [0.5, 0.6) is 5.75 Å². The highest BCUT2D eigenvalue weighted by atomic mass is 35.5. The number of amides is 2. The summed E-state index contributed by atoms with van der Waals surface area (Å²) in [7, 11) is 0. The molecule has 0 aromatic heterocycles. The van der Waals surface area contributed by atoms with E-state index in [0.29, 0.717) is 17.3 Å². The Kier molecular flexibility index (Phi) is 8.72. The molecular weight excluding hydrogens is 400 g/mol. The van der Waals surface area contributed by atoms with E-state index in [2.05, 4.69) is 11.4 Å². The maximum atomic E-state index is 13.1. The lowest BCUT2D eigenvalue weighted by Crippen LogP contribution is -2.49. The Labute approximate surface area is 184 Å². The van der Waals surface area contributed by atoms with Crippen LogP contribution in [0.25, 0.3) is 0 Å². The first-order valence-electron chi connectivity index (χ1n) is 10.3. The zero-order valence-corrected chi connectivity index (χ0v) is 19.2. The highest BCUT2D eigenvalue weighted by molar-refractivity contribution is 6.31. The lowest BCUT2D eigenvalue weighted by molar-refractivity contribution is -0.142. The fourth-order valence-electron chi connectivity index (χ4n) is 3.16. The molecule has 1 atom stereocenters. The Morgan fingerprint density at radius 1 is 1.17 bits per heavy atom. The lowest BCUT2D eigenvalue weighted by atomic mass is 10.1. The van der Waals surface area contributed by atoms with Gasteiger partial charge in [-0.1, -0.05) is 42.8 Å². The number of halogens is 1. The van der Waals surface area contributed by atoms with Gasteiger partial charge in [-0.25, -0.2) is 0 Å². The maximum Gasteiger partial charge on any atom is 0.261 e. The van der Waals surface area contributed by atoms with Crippen LogP contribution in [0.2, 0.25) is 5.02 Å². The maximum absolute atomic E-state index is 13.1. The third-order valence-corrected chi connectivity index (χ3v) is 5.50. The summed E-state index contributed by atoms with van der Waals surface area (Å²) >= 11 is 6.30. The molecule has 2 aromatic rings. The summed E-state index contributed by atoms with van der Waals surface area (Å²) in [5.41, 5.74) is 3.96. The van der Waals surface area contributed by atoms with Crippen molar-refractivity contribution in [2.75, 3.05) is 13.2 Å². The number of ether oxygens (including phenoxy) is 1. The van der Waals surface area contributed by atoms with E-state index in [1.165, 1.54) is 4.90 Å². The van der Waals surface area contributed by atoms with Crippen molar-refractivity contribution in [2.24, 2.45) is 0 Å². The second kappa shape index (κ2) is 11.0.